The molecule has 0 saturated heterocycles. The van der Waals surface area contributed by atoms with E-state index < -0.39 is 54.3 Å². The van der Waals surface area contributed by atoms with Gasteiger partial charge in [-0.15, -0.1) is 5.10 Å². The van der Waals surface area contributed by atoms with Crippen LogP contribution in [-0.2, 0) is 38.8 Å². The Kier molecular flexibility index (Phi) is 15.1. The molecule has 3 N–H and O–H groups in total. The molecule has 1 heterocycles. The molecule has 1 aromatic heterocycles. The molecule has 2 aromatic carbocycles. The number of carbonyl (C=O) groups is 4. The molecule has 0 radical (unpaired) electrons. The SMILES string of the molecule is CC(C)CC(NC(=O)[C@H](CC(C)C)NC(=O)OCc1ccccc1)C(=O)Cn1nc([C@H](CC(C)C)NC(=O)OCc2ccccc2)oc1=O.[HH].[HH]. The first-order valence-electron chi connectivity index (χ1n) is 16.7. The number of Topliss-reactive ketones (excluding diaryl/α,β-unsaturated/α-hetero) is 1. The number of alkyl carbamates (subject to hydrolysis) is 2. The molecule has 3 rings (SSSR count). The number of ketones is 1. The van der Waals surface area contributed by atoms with Gasteiger partial charge in [0, 0.05) is 2.85 Å². The van der Waals surface area contributed by atoms with Gasteiger partial charge >= 0.3 is 17.9 Å². The summed E-state index contributed by atoms with van der Waals surface area (Å²) in [7, 11) is 0. The summed E-state index contributed by atoms with van der Waals surface area (Å²) in [4.78, 5) is 65.1. The molecule has 270 valence electrons. The summed E-state index contributed by atoms with van der Waals surface area (Å²) >= 11 is 0. The normalized spacial score (nSPS) is 13.1. The zero-order chi connectivity index (χ0) is 35.9. The Labute approximate surface area is 290 Å². The van der Waals surface area contributed by atoms with Crippen LogP contribution in [0.2, 0.25) is 0 Å². The fourth-order valence-electron chi connectivity index (χ4n) is 5.05. The Morgan fingerprint density at radius 2 is 1.20 bits per heavy atom. The molecule has 13 heteroatoms. The largest absolute Gasteiger partial charge is 0.445 e. The average Bonchev–Trinajstić information content (AvgIpc) is 3.41. The molecule has 0 aliphatic carbocycles. The predicted molar refractivity (Wildman–Crippen MR) is 186 cm³/mol. The summed E-state index contributed by atoms with van der Waals surface area (Å²) in [5.41, 5.74) is 1.61. The summed E-state index contributed by atoms with van der Waals surface area (Å²) < 4.78 is 16.9. The number of nitrogens with one attached hydrogen (secondary N) is 3. The van der Waals surface area contributed by atoms with Crippen LogP contribution in [0, 0.1) is 17.8 Å². The van der Waals surface area contributed by atoms with Crippen molar-refractivity contribution in [3.8, 4) is 0 Å². The number of hydrogen-bond acceptors (Lipinski definition) is 9. The number of benzene rings is 2. The van der Waals surface area contributed by atoms with E-state index in [1.165, 1.54) is 0 Å². The lowest BCUT2D eigenvalue weighted by molar-refractivity contribution is -0.130. The third-order valence-electron chi connectivity index (χ3n) is 7.38. The highest BCUT2D eigenvalue weighted by atomic mass is 16.6. The van der Waals surface area contributed by atoms with Crippen molar-refractivity contribution in [2.24, 2.45) is 17.8 Å². The second kappa shape index (κ2) is 19.2. The lowest BCUT2D eigenvalue weighted by atomic mass is 9.98. The highest BCUT2D eigenvalue weighted by molar-refractivity contribution is 5.92. The molecule has 0 saturated carbocycles. The first-order chi connectivity index (χ1) is 23.3. The Bertz CT molecular complexity index is 1560. The van der Waals surface area contributed by atoms with E-state index in [9.17, 15) is 24.0 Å². The Balaban J connectivity index is 0.00000650. The molecule has 13 nitrogen and oxygen atoms in total. The predicted octanol–water partition coefficient (Wildman–Crippen LogP) is 5.78. The van der Waals surface area contributed by atoms with Crippen molar-refractivity contribution in [3.63, 3.8) is 0 Å². The molecule has 0 bridgehead atoms. The minimum absolute atomic E-state index is 0. The second-order valence-electron chi connectivity index (χ2n) is 13.3. The maximum Gasteiger partial charge on any atom is 0.437 e. The fourth-order valence-corrected chi connectivity index (χ4v) is 5.05. The Morgan fingerprint density at radius 1 is 0.714 bits per heavy atom. The van der Waals surface area contributed by atoms with Crippen LogP contribution in [0.4, 0.5) is 9.59 Å². The number of hydrogen-bond donors (Lipinski definition) is 3. The second-order valence-corrected chi connectivity index (χ2v) is 13.3. The van der Waals surface area contributed by atoms with E-state index in [4.69, 9.17) is 13.9 Å². The molecule has 3 aromatic rings. The third kappa shape index (κ3) is 13.6. The zero-order valence-corrected chi connectivity index (χ0v) is 29.1. The van der Waals surface area contributed by atoms with Crippen LogP contribution in [0.1, 0.15) is 86.7 Å². The summed E-state index contributed by atoms with van der Waals surface area (Å²) in [6.45, 7) is 11.1. The van der Waals surface area contributed by atoms with E-state index in [-0.39, 0.29) is 46.1 Å². The van der Waals surface area contributed by atoms with Gasteiger partial charge < -0.3 is 29.8 Å². The van der Waals surface area contributed by atoms with Gasteiger partial charge in [0.05, 0.1) is 6.04 Å². The molecule has 49 heavy (non-hydrogen) atoms. The van der Waals surface area contributed by atoms with Crippen molar-refractivity contribution < 1.29 is 35.9 Å². The number of rotatable bonds is 18. The van der Waals surface area contributed by atoms with Crippen molar-refractivity contribution in [3.05, 3.63) is 88.2 Å². The van der Waals surface area contributed by atoms with Crippen LogP contribution in [0.25, 0.3) is 0 Å². The van der Waals surface area contributed by atoms with Crippen molar-refractivity contribution in [2.45, 2.75) is 98.7 Å². The van der Waals surface area contributed by atoms with Crippen LogP contribution in [0.5, 0.6) is 0 Å². The summed E-state index contributed by atoms with van der Waals surface area (Å²) in [5, 5.41) is 12.3. The Morgan fingerprint density at radius 3 is 1.71 bits per heavy atom. The minimum Gasteiger partial charge on any atom is -0.445 e. The van der Waals surface area contributed by atoms with Gasteiger partial charge in [0.2, 0.25) is 11.8 Å². The lowest BCUT2D eigenvalue weighted by Gasteiger charge is -2.24. The standard InChI is InChI=1S/C36H49N5O8.2H2/c1-23(2)17-28(37-32(43)29(18-24(3)4)38-34(44)47-21-26-13-9-7-10-14-26)31(42)20-41-36(46)49-33(40-41)30(19-25(5)6)39-35(45)48-22-27-15-11-8-12-16-27;;/h7-16,23-25,28-30H,17-22H2,1-6H3,(H,37,43)(H,38,44)(H,39,45);2*1H/t28?,29-,30-;;/m0../s1. The van der Waals surface area contributed by atoms with Crippen LogP contribution < -0.4 is 21.7 Å². The number of ether oxygens (including phenoxy) is 2. The first-order valence-corrected chi connectivity index (χ1v) is 16.7. The highest BCUT2D eigenvalue weighted by Gasteiger charge is 2.30. The first kappa shape index (κ1) is 38.5. The van der Waals surface area contributed by atoms with Crippen molar-refractivity contribution in [2.75, 3.05) is 0 Å². The lowest BCUT2D eigenvalue weighted by Crippen LogP contribution is -2.53. The quantitative estimate of drug-likeness (QED) is 0.150. The van der Waals surface area contributed by atoms with E-state index in [0.29, 0.717) is 12.8 Å². The van der Waals surface area contributed by atoms with Crippen molar-refractivity contribution >= 4 is 23.9 Å². The van der Waals surface area contributed by atoms with Gasteiger partial charge in [0.25, 0.3) is 0 Å². The van der Waals surface area contributed by atoms with Gasteiger partial charge in [-0.2, -0.15) is 4.68 Å². The van der Waals surface area contributed by atoms with Gasteiger partial charge in [-0.05, 0) is 48.1 Å². The van der Waals surface area contributed by atoms with Gasteiger partial charge in [-0.25, -0.2) is 14.4 Å². The van der Waals surface area contributed by atoms with E-state index in [0.717, 1.165) is 15.8 Å². The fraction of sp³-hybridized carbons (Fsp3) is 0.500. The topological polar surface area (TPSA) is 171 Å². The maximum atomic E-state index is 13.6. The zero-order valence-electron chi connectivity index (χ0n) is 29.1. The van der Waals surface area contributed by atoms with Crippen LogP contribution in [0.3, 0.4) is 0 Å². The molecule has 0 fully saturated rings. The van der Waals surface area contributed by atoms with Gasteiger partial charge in [-0.3, -0.25) is 9.59 Å². The summed E-state index contributed by atoms with van der Waals surface area (Å²) in [6, 6.07) is 15.6. The van der Waals surface area contributed by atoms with Gasteiger partial charge in [0.1, 0.15) is 31.8 Å². The van der Waals surface area contributed by atoms with Gasteiger partial charge in [-0.1, -0.05) is 102 Å². The molecule has 0 spiro atoms. The summed E-state index contributed by atoms with van der Waals surface area (Å²) in [6.07, 6.45) is -0.499. The van der Waals surface area contributed by atoms with E-state index >= 15 is 0 Å². The molecule has 0 aliphatic heterocycles. The molecule has 3 amide bonds. The molecular weight excluding hydrogens is 630 g/mol. The monoisotopic (exact) mass is 683 g/mol. The van der Waals surface area contributed by atoms with E-state index in [2.05, 4.69) is 21.0 Å². The number of carbonyl (C=O) groups excluding carboxylic acids is 4. The highest BCUT2D eigenvalue weighted by Crippen LogP contribution is 2.19. The average molecular weight is 684 g/mol. The smallest absolute Gasteiger partial charge is 0.437 e. The molecule has 3 atom stereocenters. The van der Waals surface area contributed by atoms with Crippen molar-refractivity contribution in [1.29, 1.82) is 0 Å². The number of aromatic nitrogens is 2. The molecule has 0 aliphatic rings. The minimum atomic E-state index is -0.978. The number of nitrogens with zero attached hydrogens (tertiary/aromatic N) is 2. The van der Waals surface area contributed by atoms with E-state index in [1.54, 1.807) is 0 Å². The van der Waals surface area contributed by atoms with Crippen LogP contribution in [0.15, 0.2) is 69.9 Å². The maximum absolute atomic E-state index is 13.6. The number of amides is 3. The summed E-state index contributed by atoms with van der Waals surface area (Å²) in [5.74, 6) is -1.84. The van der Waals surface area contributed by atoms with Crippen LogP contribution >= 0.6 is 0 Å². The Hall–Kier alpha value is -4.94. The third-order valence-corrected chi connectivity index (χ3v) is 7.38. The van der Waals surface area contributed by atoms with E-state index in [1.807, 2.05) is 102 Å². The molecule has 1 unspecified atom stereocenters. The van der Waals surface area contributed by atoms with Crippen molar-refractivity contribution in [1.82, 2.24) is 25.7 Å². The van der Waals surface area contributed by atoms with Gasteiger partial charge in [0.15, 0.2) is 5.78 Å². The van der Waals surface area contributed by atoms with Crippen LogP contribution in [-0.4, -0.2) is 45.7 Å². The molecular formula is C36H53N5O8.